The zero-order chi connectivity index (χ0) is 15.5. The molecule has 0 aliphatic rings. The van der Waals surface area contributed by atoms with Crippen molar-refractivity contribution in [1.29, 1.82) is 0 Å². The van der Waals surface area contributed by atoms with Gasteiger partial charge in [0.25, 0.3) is 0 Å². The maximum Gasteiger partial charge on any atom is 0.242 e. The number of hydrogen-bond donors (Lipinski definition) is 2. The van der Waals surface area contributed by atoms with E-state index >= 15 is 0 Å². The zero-order valence-electron chi connectivity index (χ0n) is 12.2. The molecule has 21 heavy (non-hydrogen) atoms. The molecule has 0 aliphatic carbocycles. The topological polar surface area (TPSA) is 72.2 Å². The summed E-state index contributed by atoms with van der Waals surface area (Å²) in [5.41, 5.74) is 7.49. The fourth-order valence-corrected chi connectivity index (χ4v) is 5.02. The zero-order valence-corrected chi connectivity index (χ0v) is 13.8. The van der Waals surface area contributed by atoms with Gasteiger partial charge in [0.15, 0.2) is 0 Å². The SMILES string of the molecule is Cc1csc(CN)c1S(=O)(=O)NCC(C)c1ccccc1. The average Bonchev–Trinajstić information content (AvgIpc) is 2.87. The number of hydrogen-bond acceptors (Lipinski definition) is 4. The third kappa shape index (κ3) is 3.71. The van der Waals surface area contributed by atoms with Crippen molar-refractivity contribution in [3.05, 3.63) is 51.7 Å². The second-order valence-electron chi connectivity index (χ2n) is 5.04. The predicted molar refractivity (Wildman–Crippen MR) is 87.0 cm³/mol. The summed E-state index contributed by atoms with van der Waals surface area (Å²) in [5, 5.41) is 1.83. The van der Waals surface area contributed by atoms with Gasteiger partial charge in [-0.3, -0.25) is 0 Å². The molecule has 114 valence electrons. The molecule has 6 heteroatoms. The van der Waals surface area contributed by atoms with E-state index in [1.54, 1.807) is 6.92 Å². The molecule has 0 amide bonds. The van der Waals surface area contributed by atoms with Gasteiger partial charge in [0.05, 0.1) is 0 Å². The van der Waals surface area contributed by atoms with Crippen molar-refractivity contribution in [1.82, 2.24) is 4.72 Å². The number of aryl methyl sites for hydroxylation is 1. The summed E-state index contributed by atoms with van der Waals surface area (Å²) in [6.45, 7) is 4.40. The smallest absolute Gasteiger partial charge is 0.242 e. The van der Waals surface area contributed by atoms with Crippen LogP contribution in [0.15, 0.2) is 40.6 Å². The Bertz CT molecular complexity index is 694. The standard InChI is InChI=1S/C15H20N2O2S2/c1-11(13-6-4-3-5-7-13)9-17-21(18,19)15-12(2)10-20-14(15)8-16/h3-7,10-11,17H,8-9,16H2,1-2H3. The van der Waals surface area contributed by atoms with Crippen molar-refractivity contribution in [3.63, 3.8) is 0 Å². The Hall–Kier alpha value is -1.21. The van der Waals surface area contributed by atoms with Gasteiger partial charge in [-0.2, -0.15) is 0 Å². The monoisotopic (exact) mass is 324 g/mol. The molecule has 1 heterocycles. The van der Waals surface area contributed by atoms with Crippen LogP contribution in [0.4, 0.5) is 0 Å². The maximum absolute atomic E-state index is 12.5. The van der Waals surface area contributed by atoms with Gasteiger partial charge in [-0.25, -0.2) is 13.1 Å². The molecule has 1 atom stereocenters. The average molecular weight is 324 g/mol. The molecular formula is C15H20N2O2S2. The third-order valence-electron chi connectivity index (χ3n) is 3.39. The molecule has 1 aromatic carbocycles. The predicted octanol–water partition coefficient (Wildman–Crippen LogP) is 2.60. The number of rotatable bonds is 6. The van der Waals surface area contributed by atoms with Crippen LogP contribution in [-0.2, 0) is 16.6 Å². The summed E-state index contributed by atoms with van der Waals surface area (Å²) in [7, 11) is -3.51. The number of nitrogens with one attached hydrogen (secondary N) is 1. The lowest BCUT2D eigenvalue weighted by atomic mass is 10.0. The van der Waals surface area contributed by atoms with E-state index in [2.05, 4.69) is 4.72 Å². The Morgan fingerprint density at radius 3 is 2.57 bits per heavy atom. The number of nitrogens with two attached hydrogens (primary N) is 1. The maximum atomic E-state index is 12.5. The number of benzene rings is 1. The van der Waals surface area contributed by atoms with Gasteiger partial charge in [-0.05, 0) is 29.3 Å². The van der Waals surface area contributed by atoms with E-state index in [-0.39, 0.29) is 12.5 Å². The van der Waals surface area contributed by atoms with Gasteiger partial charge in [-0.1, -0.05) is 37.3 Å². The summed E-state index contributed by atoms with van der Waals surface area (Å²) >= 11 is 1.39. The van der Waals surface area contributed by atoms with E-state index < -0.39 is 10.0 Å². The van der Waals surface area contributed by atoms with Gasteiger partial charge in [0, 0.05) is 18.0 Å². The Kier molecular flexibility index (Phi) is 5.16. The summed E-state index contributed by atoms with van der Waals surface area (Å²) < 4.78 is 27.6. The second kappa shape index (κ2) is 6.70. The van der Waals surface area contributed by atoms with E-state index in [1.807, 2.05) is 42.6 Å². The quantitative estimate of drug-likeness (QED) is 0.858. The van der Waals surface area contributed by atoms with Crippen molar-refractivity contribution >= 4 is 21.4 Å². The molecule has 1 aromatic heterocycles. The molecule has 0 bridgehead atoms. The molecule has 4 nitrogen and oxygen atoms in total. The van der Waals surface area contributed by atoms with Gasteiger partial charge in [0.2, 0.25) is 10.0 Å². The van der Waals surface area contributed by atoms with Crippen LogP contribution >= 0.6 is 11.3 Å². The summed E-state index contributed by atoms with van der Waals surface area (Å²) in [6, 6.07) is 9.86. The lowest BCUT2D eigenvalue weighted by Gasteiger charge is -2.14. The molecule has 0 aliphatic heterocycles. The van der Waals surface area contributed by atoms with E-state index in [0.29, 0.717) is 16.3 Å². The van der Waals surface area contributed by atoms with Crippen LogP contribution in [0, 0.1) is 6.92 Å². The largest absolute Gasteiger partial charge is 0.326 e. The van der Waals surface area contributed by atoms with Crippen LogP contribution in [0.25, 0.3) is 0 Å². The molecule has 3 N–H and O–H groups in total. The first-order valence-electron chi connectivity index (χ1n) is 6.77. The van der Waals surface area contributed by atoms with Gasteiger partial charge in [0.1, 0.15) is 4.90 Å². The molecule has 0 radical (unpaired) electrons. The lowest BCUT2D eigenvalue weighted by molar-refractivity contribution is 0.574. The van der Waals surface area contributed by atoms with Crippen molar-refractivity contribution in [2.45, 2.75) is 31.2 Å². The highest BCUT2D eigenvalue weighted by molar-refractivity contribution is 7.89. The normalized spacial score (nSPS) is 13.3. The summed E-state index contributed by atoms with van der Waals surface area (Å²) in [5.74, 6) is 0.112. The van der Waals surface area contributed by atoms with Crippen LogP contribution in [0.3, 0.4) is 0 Å². The Labute approximate surface area is 130 Å². The molecule has 0 saturated heterocycles. The molecule has 1 unspecified atom stereocenters. The first kappa shape index (κ1) is 16.2. The number of sulfonamides is 1. The Morgan fingerprint density at radius 1 is 1.29 bits per heavy atom. The van der Waals surface area contributed by atoms with E-state index in [1.165, 1.54) is 11.3 Å². The van der Waals surface area contributed by atoms with Crippen LogP contribution < -0.4 is 10.5 Å². The Morgan fingerprint density at radius 2 is 1.95 bits per heavy atom. The molecular weight excluding hydrogens is 304 g/mol. The van der Waals surface area contributed by atoms with Crippen LogP contribution in [0.5, 0.6) is 0 Å². The first-order chi connectivity index (χ1) is 9.95. The minimum absolute atomic E-state index is 0.112. The number of thiophene rings is 1. The van der Waals surface area contributed by atoms with Gasteiger partial charge < -0.3 is 5.73 Å². The highest BCUT2D eigenvalue weighted by Gasteiger charge is 2.22. The van der Waals surface area contributed by atoms with Crippen molar-refractivity contribution in [2.75, 3.05) is 6.54 Å². The van der Waals surface area contributed by atoms with E-state index in [0.717, 1.165) is 11.1 Å². The third-order valence-corrected chi connectivity index (χ3v) is 6.30. The minimum atomic E-state index is -3.51. The van der Waals surface area contributed by atoms with Crippen LogP contribution in [0.1, 0.15) is 28.8 Å². The Balaban J connectivity index is 2.13. The lowest BCUT2D eigenvalue weighted by Crippen LogP contribution is -2.28. The fraction of sp³-hybridized carbons (Fsp3) is 0.333. The molecule has 0 spiro atoms. The van der Waals surface area contributed by atoms with Gasteiger partial charge in [-0.15, -0.1) is 11.3 Å². The highest BCUT2D eigenvalue weighted by Crippen LogP contribution is 2.26. The highest BCUT2D eigenvalue weighted by atomic mass is 32.2. The molecule has 2 aromatic rings. The van der Waals surface area contributed by atoms with E-state index in [9.17, 15) is 8.42 Å². The first-order valence-corrected chi connectivity index (χ1v) is 9.13. The van der Waals surface area contributed by atoms with Crippen molar-refractivity contribution < 1.29 is 8.42 Å². The molecule has 0 saturated carbocycles. The summed E-state index contributed by atoms with van der Waals surface area (Å²) in [4.78, 5) is 1.04. The van der Waals surface area contributed by atoms with Gasteiger partial charge >= 0.3 is 0 Å². The molecule has 2 rings (SSSR count). The van der Waals surface area contributed by atoms with Crippen molar-refractivity contribution in [2.24, 2.45) is 5.73 Å². The minimum Gasteiger partial charge on any atom is -0.326 e. The second-order valence-corrected chi connectivity index (χ2v) is 7.71. The molecule has 0 fully saturated rings. The van der Waals surface area contributed by atoms with Crippen LogP contribution in [-0.4, -0.2) is 15.0 Å². The van der Waals surface area contributed by atoms with E-state index in [4.69, 9.17) is 5.73 Å². The fourth-order valence-electron chi connectivity index (χ4n) is 2.20. The van der Waals surface area contributed by atoms with Crippen molar-refractivity contribution in [3.8, 4) is 0 Å². The van der Waals surface area contributed by atoms with Crippen LogP contribution in [0.2, 0.25) is 0 Å². The summed E-state index contributed by atoms with van der Waals surface area (Å²) in [6.07, 6.45) is 0.